The number of β-amino-alcohol motifs (C(OH)–C–C–N with tert-alkyl or cyclic N) is 1. The number of aliphatic hydroxyl groups is 1. The Hall–Kier alpha value is -1.77. The first kappa shape index (κ1) is 20.2. The molecule has 9 heteroatoms. The van der Waals surface area contributed by atoms with Gasteiger partial charge in [0.25, 0.3) is 0 Å². The maximum absolute atomic E-state index is 14.8. The molecule has 2 aromatic rings. The van der Waals surface area contributed by atoms with Gasteiger partial charge in [0.1, 0.15) is 17.9 Å². The summed E-state index contributed by atoms with van der Waals surface area (Å²) in [4.78, 5) is 17.4. The van der Waals surface area contributed by atoms with E-state index in [9.17, 15) is 9.50 Å². The van der Waals surface area contributed by atoms with E-state index in [0.29, 0.717) is 37.3 Å². The fraction of sp³-hybridized carbons (Fsp3) is 0.667. The Morgan fingerprint density at radius 1 is 1.17 bits per heavy atom. The number of fused-ring (bicyclic) bond motifs is 2. The van der Waals surface area contributed by atoms with Gasteiger partial charge in [-0.2, -0.15) is 9.97 Å². The first-order valence-corrected chi connectivity index (χ1v) is 11.1. The molecule has 1 unspecified atom stereocenters. The van der Waals surface area contributed by atoms with Crippen molar-refractivity contribution in [2.24, 2.45) is 0 Å². The molecule has 1 atom stereocenters. The third-order valence-electron chi connectivity index (χ3n) is 6.86. The lowest BCUT2D eigenvalue weighted by Crippen LogP contribution is -2.46. The van der Waals surface area contributed by atoms with Crippen LogP contribution in [0.25, 0.3) is 10.9 Å². The number of piperidine rings is 1. The summed E-state index contributed by atoms with van der Waals surface area (Å²) >= 11 is 5.93. The van der Waals surface area contributed by atoms with Crippen molar-refractivity contribution in [3.8, 4) is 6.01 Å². The van der Waals surface area contributed by atoms with Crippen molar-refractivity contribution >= 4 is 28.3 Å². The van der Waals surface area contributed by atoms with Crippen LogP contribution in [0.3, 0.4) is 0 Å². The molecule has 3 aliphatic rings. The molecule has 0 spiro atoms. The van der Waals surface area contributed by atoms with E-state index in [1.165, 1.54) is 19.0 Å². The molecule has 5 heterocycles. The van der Waals surface area contributed by atoms with Crippen LogP contribution in [0.2, 0.25) is 5.15 Å². The highest BCUT2D eigenvalue weighted by atomic mass is 35.5. The average Bonchev–Trinajstić information content (AvgIpc) is 3.28. The van der Waals surface area contributed by atoms with Crippen LogP contribution in [0, 0.1) is 5.82 Å². The van der Waals surface area contributed by atoms with Gasteiger partial charge in [0, 0.05) is 19.3 Å². The summed E-state index contributed by atoms with van der Waals surface area (Å²) in [6.45, 7) is 5.63. The number of rotatable bonds is 4. The number of halogens is 2. The Labute approximate surface area is 180 Å². The molecule has 0 aliphatic carbocycles. The van der Waals surface area contributed by atoms with E-state index in [-0.39, 0.29) is 22.2 Å². The van der Waals surface area contributed by atoms with Crippen molar-refractivity contribution in [3.05, 3.63) is 17.2 Å². The number of nitrogens with zero attached hydrogens (tertiary/aromatic N) is 5. The number of hydrogen-bond donors (Lipinski definition) is 1. The van der Waals surface area contributed by atoms with E-state index in [2.05, 4.69) is 19.9 Å². The molecule has 0 saturated carbocycles. The maximum atomic E-state index is 14.8. The third kappa shape index (κ3) is 3.48. The minimum atomic E-state index is -0.831. The lowest BCUT2D eigenvalue weighted by molar-refractivity contribution is 0.0447. The molecule has 3 aliphatic heterocycles. The molecule has 162 valence electrons. The van der Waals surface area contributed by atoms with Crippen molar-refractivity contribution in [1.82, 2.24) is 19.9 Å². The van der Waals surface area contributed by atoms with Gasteiger partial charge >= 0.3 is 6.01 Å². The summed E-state index contributed by atoms with van der Waals surface area (Å²) < 4.78 is 20.9. The highest BCUT2D eigenvalue weighted by Gasteiger charge is 2.45. The van der Waals surface area contributed by atoms with Crippen LogP contribution >= 0.6 is 11.6 Å². The lowest BCUT2D eigenvalue weighted by Gasteiger charge is -2.38. The Balaban J connectivity index is 1.51. The summed E-state index contributed by atoms with van der Waals surface area (Å²) in [5, 5.41) is 10.8. The molecule has 5 rings (SSSR count). The van der Waals surface area contributed by atoms with Crippen LogP contribution in [0.15, 0.2) is 6.20 Å². The van der Waals surface area contributed by atoms with E-state index in [4.69, 9.17) is 16.3 Å². The van der Waals surface area contributed by atoms with E-state index < -0.39 is 11.4 Å². The maximum Gasteiger partial charge on any atom is 0.319 e. The van der Waals surface area contributed by atoms with E-state index in [0.717, 1.165) is 32.4 Å². The zero-order valence-corrected chi connectivity index (χ0v) is 18.0. The number of aromatic nitrogens is 3. The van der Waals surface area contributed by atoms with E-state index >= 15 is 0 Å². The molecule has 7 nitrogen and oxygen atoms in total. The molecular weight excluding hydrogens is 409 g/mol. The average molecular weight is 436 g/mol. The van der Waals surface area contributed by atoms with Gasteiger partial charge in [-0.3, -0.25) is 4.90 Å². The van der Waals surface area contributed by atoms with Crippen molar-refractivity contribution < 1.29 is 14.2 Å². The van der Waals surface area contributed by atoms with Crippen molar-refractivity contribution in [1.29, 1.82) is 0 Å². The predicted molar refractivity (Wildman–Crippen MR) is 113 cm³/mol. The summed E-state index contributed by atoms with van der Waals surface area (Å²) in [5.74, 6) is -0.141. The molecular formula is C21H27ClFN5O2. The SMILES string of the molecule is CC1(O)CCCN(c2nc(OCC34CCCN3CCC4)nc3c(F)c(Cl)ncc23)C1. The summed E-state index contributed by atoms with van der Waals surface area (Å²) in [6.07, 6.45) is 7.58. The first-order chi connectivity index (χ1) is 14.4. The zero-order chi connectivity index (χ0) is 20.9. The largest absolute Gasteiger partial charge is 0.461 e. The Morgan fingerprint density at radius 2 is 1.90 bits per heavy atom. The van der Waals surface area contributed by atoms with Crippen LogP contribution in [0.4, 0.5) is 10.2 Å². The Kier molecular flexibility index (Phi) is 4.99. The minimum Gasteiger partial charge on any atom is -0.461 e. The van der Waals surface area contributed by atoms with Crippen molar-refractivity contribution in [2.75, 3.05) is 37.7 Å². The van der Waals surface area contributed by atoms with Gasteiger partial charge in [-0.05, 0) is 58.5 Å². The van der Waals surface area contributed by atoms with Crippen molar-refractivity contribution in [3.63, 3.8) is 0 Å². The first-order valence-electron chi connectivity index (χ1n) is 10.7. The fourth-order valence-corrected chi connectivity index (χ4v) is 5.50. The standard InChI is InChI=1S/C21H27ClFN5O2/c1-20(29)5-2-8-27(12-20)18-14-11-24-17(22)15(23)16(14)25-19(26-18)30-13-21-6-3-9-28(21)10-4-7-21/h11,29H,2-10,12-13H2,1H3. The molecule has 2 aromatic heterocycles. The smallest absolute Gasteiger partial charge is 0.319 e. The van der Waals surface area contributed by atoms with Gasteiger partial charge in [-0.15, -0.1) is 0 Å². The quantitative estimate of drug-likeness (QED) is 0.739. The lowest BCUT2D eigenvalue weighted by atomic mass is 9.95. The van der Waals surface area contributed by atoms with E-state index in [1.54, 1.807) is 0 Å². The predicted octanol–water partition coefficient (Wildman–Crippen LogP) is 3.18. The molecule has 1 N–H and O–H groups in total. The number of pyridine rings is 1. The molecule has 30 heavy (non-hydrogen) atoms. The Bertz CT molecular complexity index is 962. The third-order valence-corrected chi connectivity index (χ3v) is 7.12. The second-order valence-corrected chi connectivity index (χ2v) is 9.54. The topological polar surface area (TPSA) is 74.6 Å². The summed E-state index contributed by atoms with van der Waals surface area (Å²) in [6, 6.07) is 0.150. The van der Waals surface area contributed by atoms with E-state index in [1.807, 2.05) is 11.8 Å². The normalized spacial score (nSPS) is 26.3. The molecule has 0 amide bonds. The van der Waals surface area contributed by atoms with Crippen LogP contribution < -0.4 is 9.64 Å². The highest BCUT2D eigenvalue weighted by molar-refractivity contribution is 6.30. The number of anilines is 1. The fourth-order valence-electron chi connectivity index (χ4n) is 5.37. The molecule has 0 radical (unpaired) electrons. The second-order valence-electron chi connectivity index (χ2n) is 9.18. The number of hydrogen-bond acceptors (Lipinski definition) is 7. The highest BCUT2D eigenvalue weighted by Crippen LogP contribution is 2.39. The van der Waals surface area contributed by atoms with Gasteiger partial charge < -0.3 is 14.7 Å². The zero-order valence-electron chi connectivity index (χ0n) is 17.2. The minimum absolute atomic E-state index is 0.0434. The van der Waals surface area contributed by atoms with Gasteiger partial charge in [-0.25, -0.2) is 9.37 Å². The summed E-state index contributed by atoms with van der Waals surface area (Å²) in [7, 11) is 0. The second kappa shape index (κ2) is 7.43. The van der Waals surface area contributed by atoms with Crippen molar-refractivity contribution in [2.45, 2.75) is 56.6 Å². The van der Waals surface area contributed by atoms with Crippen LogP contribution in [-0.4, -0.2) is 68.9 Å². The molecule has 0 aromatic carbocycles. The van der Waals surface area contributed by atoms with Gasteiger partial charge in [-0.1, -0.05) is 11.6 Å². The summed E-state index contributed by atoms with van der Waals surface area (Å²) in [5.41, 5.74) is -0.684. The Morgan fingerprint density at radius 3 is 2.63 bits per heavy atom. The molecule has 3 saturated heterocycles. The molecule has 0 bridgehead atoms. The van der Waals surface area contributed by atoms with Gasteiger partial charge in [0.2, 0.25) is 0 Å². The van der Waals surface area contributed by atoms with Crippen LogP contribution in [0.1, 0.15) is 45.4 Å². The monoisotopic (exact) mass is 435 g/mol. The number of ether oxygens (including phenoxy) is 1. The van der Waals surface area contributed by atoms with Gasteiger partial charge in [0.15, 0.2) is 11.0 Å². The molecule has 3 fully saturated rings. The van der Waals surface area contributed by atoms with Gasteiger partial charge in [0.05, 0.1) is 16.5 Å². The van der Waals surface area contributed by atoms with Crippen LogP contribution in [0.5, 0.6) is 6.01 Å². The van der Waals surface area contributed by atoms with Crippen LogP contribution in [-0.2, 0) is 0 Å².